The molecule has 4 aromatic carbocycles. The summed E-state index contributed by atoms with van der Waals surface area (Å²) in [6, 6.07) is 34.4. The summed E-state index contributed by atoms with van der Waals surface area (Å²) in [5.74, 6) is 0.311. The summed E-state index contributed by atoms with van der Waals surface area (Å²) >= 11 is 0. The molecule has 38 heavy (non-hydrogen) atoms. The van der Waals surface area contributed by atoms with Crippen LogP contribution in [0.2, 0.25) is 0 Å². The quantitative estimate of drug-likeness (QED) is 0.217. The number of anilines is 1. The van der Waals surface area contributed by atoms with Crippen LogP contribution < -0.4 is 14.4 Å². The predicted octanol–water partition coefficient (Wildman–Crippen LogP) is 6.73. The fraction of sp³-hybridized carbons (Fsp3) is 0.152. The van der Waals surface area contributed by atoms with Crippen LogP contribution in [-0.4, -0.2) is 18.9 Å². The molecular formula is C33H27NO4. The number of allylic oxidation sites excluding steroid dienone is 2. The van der Waals surface area contributed by atoms with Crippen LogP contribution in [0.1, 0.15) is 23.0 Å². The fourth-order valence-electron chi connectivity index (χ4n) is 5.65. The topological polar surface area (TPSA) is 55.8 Å². The van der Waals surface area contributed by atoms with Crippen LogP contribution in [0.25, 0.3) is 0 Å². The van der Waals surface area contributed by atoms with E-state index in [9.17, 15) is 9.59 Å². The Hall–Kier alpha value is -4.64. The maximum absolute atomic E-state index is 14.0. The lowest BCUT2D eigenvalue weighted by Gasteiger charge is -2.32. The number of nitrogens with zero attached hydrogens (tertiary/aromatic N) is 1. The van der Waals surface area contributed by atoms with Gasteiger partial charge >= 0.3 is 0 Å². The zero-order chi connectivity index (χ0) is 26.1. The van der Waals surface area contributed by atoms with Crippen LogP contribution in [0.4, 0.5) is 5.69 Å². The first-order valence-corrected chi connectivity index (χ1v) is 12.7. The lowest BCUT2D eigenvalue weighted by Crippen LogP contribution is -2.31. The number of amides is 2. The summed E-state index contributed by atoms with van der Waals surface area (Å²) in [6.07, 6.45) is 4.21. The Kier molecular flexibility index (Phi) is 6.26. The zero-order valence-electron chi connectivity index (χ0n) is 20.9. The van der Waals surface area contributed by atoms with E-state index in [0.29, 0.717) is 22.9 Å². The maximum Gasteiger partial charge on any atom is 0.238 e. The average molecular weight is 502 g/mol. The lowest BCUT2D eigenvalue weighted by molar-refractivity contribution is -0.122. The molecule has 1 aliphatic heterocycles. The number of rotatable bonds is 6. The molecule has 1 saturated heterocycles. The largest absolute Gasteiger partial charge is 0.497 e. The van der Waals surface area contributed by atoms with Crippen LogP contribution in [0.5, 0.6) is 17.2 Å². The monoisotopic (exact) mass is 501 g/mol. The number of benzene rings is 4. The van der Waals surface area contributed by atoms with Crippen LogP contribution in [0.3, 0.4) is 0 Å². The van der Waals surface area contributed by atoms with Crippen LogP contribution >= 0.6 is 0 Å². The van der Waals surface area contributed by atoms with Crippen molar-refractivity contribution in [1.29, 1.82) is 0 Å². The molecule has 2 aliphatic rings. The summed E-state index contributed by atoms with van der Waals surface area (Å²) in [7, 11) is 1.61. The average Bonchev–Trinajstić information content (AvgIpc) is 3.24. The second-order valence-electron chi connectivity index (χ2n) is 9.60. The highest BCUT2D eigenvalue weighted by molar-refractivity contribution is 6.23. The molecule has 0 spiro atoms. The lowest BCUT2D eigenvalue weighted by atomic mass is 9.68. The molecule has 2 amide bonds. The van der Waals surface area contributed by atoms with Gasteiger partial charge in [0.05, 0.1) is 24.6 Å². The van der Waals surface area contributed by atoms with E-state index in [1.807, 2.05) is 78.9 Å². The molecule has 5 nitrogen and oxygen atoms in total. The van der Waals surface area contributed by atoms with E-state index in [-0.39, 0.29) is 23.7 Å². The third-order valence-corrected chi connectivity index (χ3v) is 7.44. The second kappa shape index (κ2) is 10.0. The Balaban J connectivity index is 1.33. The first-order chi connectivity index (χ1) is 18.6. The maximum atomic E-state index is 14.0. The molecule has 5 heteroatoms. The summed E-state index contributed by atoms with van der Waals surface area (Å²) in [5, 5.41) is 0. The zero-order valence-corrected chi connectivity index (χ0v) is 20.9. The Morgan fingerprint density at radius 2 is 1.11 bits per heavy atom. The molecule has 0 N–H and O–H groups in total. The van der Waals surface area contributed by atoms with Crippen molar-refractivity contribution >= 4 is 17.5 Å². The van der Waals surface area contributed by atoms with Gasteiger partial charge in [-0.1, -0.05) is 78.9 Å². The van der Waals surface area contributed by atoms with Gasteiger partial charge in [-0.3, -0.25) is 9.59 Å². The Morgan fingerprint density at radius 3 is 1.63 bits per heavy atom. The molecule has 1 aliphatic carbocycles. The van der Waals surface area contributed by atoms with Crippen molar-refractivity contribution in [3.8, 4) is 17.2 Å². The van der Waals surface area contributed by atoms with E-state index < -0.39 is 11.8 Å². The van der Waals surface area contributed by atoms with Gasteiger partial charge in [0.15, 0.2) is 0 Å². The number of hydrogen-bond acceptors (Lipinski definition) is 4. The molecule has 0 aromatic heterocycles. The van der Waals surface area contributed by atoms with Crippen molar-refractivity contribution < 1.29 is 19.1 Å². The van der Waals surface area contributed by atoms with Crippen molar-refractivity contribution in [3.63, 3.8) is 0 Å². The number of hydrogen-bond donors (Lipinski definition) is 0. The molecule has 4 atom stereocenters. The molecule has 0 radical (unpaired) electrons. The van der Waals surface area contributed by atoms with Crippen LogP contribution in [0.15, 0.2) is 121 Å². The predicted molar refractivity (Wildman–Crippen MR) is 146 cm³/mol. The van der Waals surface area contributed by atoms with Crippen LogP contribution in [0, 0.1) is 11.8 Å². The molecule has 0 bridgehead atoms. The summed E-state index contributed by atoms with van der Waals surface area (Å²) < 4.78 is 11.2. The fourth-order valence-corrected chi connectivity index (χ4v) is 5.65. The smallest absolute Gasteiger partial charge is 0.238 e. The summed E-state index contributed by atoms with van der Waals surface area (Å²) in [6.45, 7) is 0. The van der Waals surface area contributed by atoms with Gasteiger partial charge in [-0.15, -0.1) is 0 Å². The third kappa shape index (κ3) is 4.26. The Labute approximate surface area is 221 Å². The van der Waals surface area contributed by atoms with Gasteiger partial charge in [0.25, 0.3) is 0 Å². The van der Waals surface area contributed by atoms with Gasteiger partial charge in [0.1, 0.15) is 17.2 Å². The van der Waals surface area contributed by atoms with Gasteiger partial charge in [0.2, 0.25) is 11.8 Å². The number of carbonyl (C=O) groups excluding carboxylic acids is 2. The number of fused-ring (bicyclic) bond motifs is 1. The van der Waals surface area contributed by atoms with Crippen molar-refractivity contribution in [1.82, 2.24) is 0 Å². The molecule has 4 aromatic rings. The minimum Gasteiger partial charge on any atom is -0.497 e. The summed E-state index contributed by atoms with van der Waals surface area (Å²) in [4.78, 5) is 29.3. The number of ether oxygens (including phenoxy) is 2. The molecule has 0 unspecified atom stereocenters. The normalized spacial score (nSPS) is 22.3. The van der Waals surface area contributed by atoms with Crippen molar-refractivity contribution in [2.24, 2.45) is 11.8 Å². The molecular weight excluding hydrogens is 474 g/mol. The number of imide groups is 1. The van der Waals surface area contributed by atoms with Gasteiger partial charge < -0.3 is 9.47 Å². The molecule has 1 heterocycles. The van der Waals surface area contributed by atoms with Crippen LogP contribution in [-0.2, 0) is 9.59 Å². The van der Waals surface area contributed by atoms with E-state index >= 15 is 0 Å². The van der Waals surface area contributed by atoms with E-state index in [1.54, 1.807) is 37.4 Å². The Morgan fingerprint density at radius 1 is 0.579 bits per heavy atom. The van der Waals surface area contributed by atoms with Crippen molar-refractivity contribution in [2.45, 2.75) is 11.8 Å². The summed E-state index contributed by atoms with van der Waals surface area (Å²) in [5.41, 5.74) is 2.62. The minimum atomic E-state index is -0.479. The van der Waals surface area contributed by atoms with E-state index in [4.69, 9.17) is 9.47 Å². The molecule has 188 valence electrons. The molecule has 6 rings (SSSR count). The number of carbonyl (C=O) groups is 2. The van der Waals surface area contributed by atoms with Crippen molar-refractivity contribution in [2.75, 3.05) is 12.0 Å². The highest BCUT2D eigenvalue weighted by Crippen LogP contribution is 2.50. The standard InChI is InChI=1S/C33H27NO4/c1-37-26-13-8-14-27(21-26)38-25-17-15-24(16-18-25)34-32(35)30-28(22-9-4-2-5-10-22)19-20-29(31(30)33(34)36)23-11-6-3-7-12-23/h2-21,28-31H,1H3/t28-,29-,30-,31+/m0/s1. The third-order valence-electron chi connectivity index (χ3n) is 7.44. The molecule has 1 fully saturated rings. The van der Waals surface area contributed by atoms with E-state index in [0.717, 1.165) is 11.1 Å². The first-order valence-electron chi connectivity index (χ1n) is 12.7. The highest BCUT2D eigenvalue weighted by atomic mass is 16.5. The Bertz CT molecular complexity index is 1410. The van der Waals surface area contributed by atoms with Gasteiger partial charge in [-0.25, -0.2) is 4.90 Å². The van der Waals surface area contributed by atoms with Gasteiger partial charge in [-0.2, -0.15) is 0 Å². The van der Waals surface area contributed by atoms with Gasteiger partial charge in [0, 0.05) is 17.9 Å². The minimum absolute atomic E-state index is 0.166. The highest BCUT2D eigenvalue weighted by Gasteiger charge is 2.55. The van der Waals surface area contributed by atoms with Gasteiger partial charge in [-0.05, 0) is 47.5 Å². The number of methoxy groups -OCH3 is 1. The first kappa shape index (κ1) is 23.7. The van der Waals surface area contributed by atoms with E-state index in [2.05, 4.69) is 12.2 Å². The van der Waals surface area contributed by atoms with E-state index in [1.165, 1.54) is 4.90 Å². The second-order valence-corrected chi connectivity index (χ2v) is 9.60. The molecule has 0 saturated carbocycles. The SMILES string of the molecule is COc1cccc(Oc2ccc(N3C(=O)[C@@H]4[C@H](C3=O)[C@H](c3ccccc3)C=C[C@H]4c3ccccc3)cc2)c1. The van der Waals surface area contributed by atoms with Crippen molar-refractivity contribution in [3.05, 3.63) is 132 Å².